The molecule has 0 saturated heterocycles. The molecule has 0 spiro atoms. The van der Waals surface area contributed by atoms with Crippen LogP contribution >= 0.6 is 11.6 Å². The van der Waals surface area contributed by atoms with Gasteiger partial charge in [-0.1, -0.05) is 11.6 Å². The Morgan fingerprint density at radius 3 is 2.83 bits per heavy atom. The zero-order valence-electron chi connectivity index (χ0n) is 10.2. The highest BCUT2D eigenvalue weighted by atomic mass is 35.5. The molecule has 1 heterocycles. The molecule has 2 aromatic rings. The van der Waals surface area contributed by atoms with Crippen LogP contribution in [0.5, 0.6) is 5.75 Å². The Morgan fingerprint density at radius 2 is 2.11 bits per heavy atom. The molecule has 5 heteroatoms. The summed E-state index contributed by atoms with van der Waals surface area (Å²) in [7, 11) is 1.60. The summed E-state index contributed by atoms with van der Waals surface area (Å²) in [5.41, 5.74) is 1.33. The molecule has 0 bridgehead atoms. The van der Waals surface area contributed by atoms with Gasteiger partial charge in [0.25, 0.3) is 0 Å². The van der Waals surface area contributed by atoms with Crippen LogP contribution in [-0.4, -0.2) is 25.3 Å². The highest BCUT2D eigenvalue weighted by molar-refractivity contribution is 6.36. The molecule has 1 N–H and O–H groups in total. The minimum absolute atomic E-state index is 0.0495. The second-order valence-corrected chi connectivity index (χ2v) is 4.34. The fourth-order valence-corrected chi connectivity index (χ4v) is 2.01. The molecular formula is C13H14ClNO3. The maximum absolute atomic E-state index is 11.8. The predicted octanol–water partition coefficient (Wildman–Crippen LogP) is 2.52. The Labute approximate surface area is 109 Å². The van der Waals surface area contributed by atoms with Gasteiger partial charge in [0.15, 0.2) is 5.43 Å². The van der Waals surface area contributed by atoms with E-state index in [0.29, 0.717) is 34.9 Å². The Bertz CT molecular complexity index is 621. The van der Waals surface area contributed by atoms with Gasteiger partial charge in [-0.15, -0.1) is 0 Å². The summed E-state index contributed by atoms with van der Waals surface area (Å²) in [4.78, 5) is 14.9. The molecule has 18 heavy (non-hydrogen) atoms. The quantitative estimate of drug-likeness (QED) is 0.866. The van der Waals surface area contributed by atoms with Gasteiger partial charge in [-0.05, 0) is 19.1 Å². The number of H-pyrrole nitrogens is 1. The molecule has 2 rings (SSSR count). The third-order valence-electron chi connectivity index (χ3n) is 2.59. The fourth-order valence-electron chi connectivity index (χ4n) is 1.74. The van der Waals surface area contributed by atoms with E-state index in [1.165, 1.54) is 0 Å². The summed E-state index contributed by atoms with van der Waals surface area (Å²) < 4.78 is 10.4. The van der Waals surface area contributed by atoms with Crippen LogP contribution in [0.15, 0.2) is 23.0 Å². The third kappa shape index (κ3) is 2.49. The number of hydrogen-bond acceptors (Lipinski definition) is 3. The van der Waals surface area contributed by atoms with Gasteiger partial charge in [0.2, 0.25) is 0 Å². The minimum Gasteiger partial charge on any atom is -0.490 e. The number of benzene rings is 1. The van der Waals surface area contributed by atoms with Crippen LogP contribution in [0.2, 0.25) is 5.02 Å². The lowest BCUT2D eigenvalue weighted by Gasteiger charge is -2.10. The van der Waals surface area contributed by atoms with Crippen LogP contribution in [0.1, 0.15) is 5.69 Å². The SMILES string of the molecule is COCCOc1ccc2c(=O)cc(C)[nH]c2c1Cl. The maximum atomic E-state index is 11.8. The van der Waals surface area contributed by atoms with Gasteiger partial charge in [0.1, 0.15) is 17.4 Å². The summed E-state index contributed by atoms with van der Waals surface area (Å²) in [6.45, 7) is 2.71. The number of ether oxygens (including phenoxy) is 2. The van der Waals surface area contributed by atoms with Crippen molar-refractivity contribution in [2.75, 3.05) is 20.3 Å². The first kappa shape index (κ1) is 12.9. The molecule has 96 valence electrons. The van der Waals surface area contributed by atoms with E-state index in [9.17, 15) is 4.79 Å². The van der Waals surface area contributed by atoms with Gasteiger partial charge in [-0.25, -0.2) is 0 Å². The summed E-state index contributed by atoms with van der Waals surface area (Å²) in [6, 6.07) is 4.95. The van der Waals surface area contributed by atoms with E-state index in [1.54, 1.807) is 25.3 Å². The van der Waals surface area contributed by atoms with Gasteiger partial charge < -0.3 is 14.5 Å². The van der Waals surface area contributed by atoms with Crippen LogP contribution in [0.3, 0.4) is 0 Å². The standard InChI is InChI=1S/C13H14ClNO3/c1-8-7-10(16)9-3-4-11(18-6-5-17-2)12(14)13(9)15-8/h3-4,7H,5-6H2,1-2H3,(H,15,16). The fraction of sp³-hybridized carbons (Fsp3) is 0.308. The number of pyridine rings is 1. The molecule has 0 aliphatic carbocycles. The Balaban J connectivity index is 2.46. The van der Waals surface area contributed by atoms with Crippen LogP contribution in [0, 0.1) is 6.92 Å². The molecule has 4 nitrogen and oxygen atoms in total. The van der Waals surface area contributed by atoms with Crippen molar-refractivity contribution in [1.29, 1.82) is 0 Å². The first-order valence-electron chi connectivity index (χ1n) is 5.57. The molecule has 0 unspecified atom stereocenters. The van der Waals surface area contributed by atoms with Crippen LogP contribution in [0.4, 0.5) is 0 Å². The maximum Gasteiger partial charge on any atom is 0.189 e. The number of halogens is 1. The van der Waals surface area contributed by atoms with Crippen LogP contribution < -0.4 is 10.2 Å². The smallest absolute Gasteiger partial charge is 0.189 e. The number of fused-ring (bicyclic) bond motifs is 1. The van der Waals surface area contributed by atoms with E-state index >= 15 is 0 Å². The summed E-state index contributed by atoms with van der Waals surface area (Å²) in [5, 5.41) is 0.981. The molecule has 1 aromatic heterocycles. The lowest BCUT2D eigenvalue weighted by Crippen LogP contribution is -2.07. The van der Waals surface area contributed by atoms with Gasteiger partial charge in [0, 0.05) is 24.3 Å². The van der Waals surface area contributed by atoms with Gasteiger partial charge >= 0.3 is 0 Å². The highest BCUT2D eigenvalue weighted by Crippen LogP contribution is 2.30. The molecule has 0 radical (unpaired) electrons. The lowest BCUT2D eigenvalue weighted by molar-refractivity contribution is 0.146. The largest absolute Gasteiger partial charge is 0.490 e. The topological polar surface area (TPSA) is 51.3 Å². The highest BCUT2D eigenvalue weighted by Gasteiger charge is 2.09. The number of aromatic nitrogens is 1. The Hall–Kier alpha value is -1.52. The lowest BCUT2D eigenvalue weighted by atomic mass is 10.2. The van der Waals surface area contributed by atoms with Crippen molar-refractivity contribution < 1.29 is 9.47 Å². The third-order valence-corrected chi connectivity index (χ3v) is 2.96. The van der Waals surface area contributed by atoms with Crippen molar-refractivity contribution in [3.8, 4) is 5.75 Å². The monoisotopic (exact) mass is 267 g/mol. The molecular weight excluding hydrogens is 254 g/mol. The van der Waals surface area contributed by atoms with E-state index in [1.807, 2.05) is 6.92 Å². The average molecular weight is 268 g/mol. The number of aryl methyl sites for hydroxylation is 1. The summed E-state index contributed by atoms with van der Waals surface area (Å²) in [5.74, 6) is 0.544. The van der Waals surface area contributed by atoms with Crippen molar-refractivity contribution >= 4 is 22.5 Å². The Morgan fingerprint density at radius 1 is 1.33 bits per heavy atom. The van der Waals surface area contributed by atoms with Gasteiger partial charge in [-0.3, -0.25) is 4.79 Å². The molecule has 0 amide bonds. The zero-order valence-corrected chi connectivity index (χ0v) is 11.0. The molecule has 0 atom stereocenters. The van der Waals surface area contributed by atoms with Crippen molar-refractivity contribution in [3.63, 3.8) is 0 Å². The van der Waals surface area contributed by atoms with E-state index in [4.69, 9.17) is 21.1 Å². The average Bonchev–Trinajstić information content (AvgIpc) is 2.33. The van der Waals surface area contributed by atoms with Crippen LogP contribution in [-0.2, 0) is 4.74 Å². The van der Waals surface area contributed by atoms with Crippen molar-refractivity contribution in [3.05, 3.63) is 39.1 Å². The second-order valence-electron chi connectivity index (χ2n) is 3.96. The predicted molar refractivity (Wildman–Crippen MR) is 71.7 cm³/mol. The number of aromatic amines is 1. The summed E-state index contributed by atoms with van der Waals surface area (Å²) in [6.07, 6.45) is 0. The summed E-state index contributed by atoms with van der Waals surface area (Å²) >= 11 is 6.23. The van der Waals surface area contributed by atoms with Gasteiger partial charge in [0.05, 0.1) is 12.1 Å². The number of methoxy groups -OCH3 is 1. The van der Waals surface area contributed by atoms with Crippen molar-refractivity contribution in [2.45, 2.75) is 6.92 Å². The van der Waals surface area contributed by atoms with Crippen molar-refractivity contribution in [1.82, 2.24) is 4.98 Å². The normalized spacial score (nSPS) is 10.8. The molecule has 0 aliphatic heterocycles. The van der Waals surface area contributed by atoms with Crippen LogP contribution in [0.25, 0.3) is 10.9 Å². The number of rotatable bonds is 4. The van der Waals surface area contributed by atoms with E-state index < -0.39 is 0 Å². The van der Waals surface area contributed by atoms with E-state index in [2.05, 4.69) is 4.98 Å². The first-order chi connectivity index (χ1) is 8.63. The zero-order chi connectivity index (χ0) is 13.1. The number of nitrogens with one attached hydrogen (secondary N) is 1. The molecule has 0 fully saturated rings. The van der Waals surface area contributed by atoms with Crippen molar-refractivity contribution in [2.24, 2.45) is 0 Å². The first-order valence-corrected chi connectivity index (χ1v) is 5.95. The van der Waals surface area contributed by atoms with E-state index in [-0.39, 0.29) is 5.43 Å². The Kier molecular flexibility index (Phi) is 3.89. The van der Waals surface area contributed by atoms with E-state index in [0.717, 1.165) is 5.69 Å². The molecule has 0 saturated carbocycles. The minimum atomic E-state index is -0.0495. The van der Waals surface area contributed by atoms with Gasteiger partial charge in [-0.2, -0.15) is 0 Å². The number of hydrogen-bond donors (Lipinski definition) is 1. The molecule has 1 aromatic carbocycles. The second kappa shape index (κ2) is 5.42. The molecule has 0 aliphatic rings.